The second-order valence-corrected chi connectivity index (χ2v) is 4.54. The van der Waals surface area contributed by atoms with Crippen LogP contribution in [-0.4, -0.2) is 19.1 Å². The minimum Gasteiger partial charge on any atom is -0.467 e. The number of rotatable bonds is 6. The first-order valence-electron chi connectivity index (χ1n) is 6.54. The Morgan fingerprint density at radius 1 is 1.28 bits per heavy atom. The Morgan fingerprint density at radius 3 is 2.39 bits per heavy atom. The van der Waals surface area contributed by atoms with Crippen molar-refractivity contribution in [3.8, 4) is 0 Å². The van der Waals surface area contributed by atoms with E-state index in [1.165, 1.54) is 7.11 Å². The van der Waals surface area contributed by atoms with Crippen LogP contribution in [-0.2, 0) is 9.53 Å². The molecular weight excluding hydrogens is 226 g/mol. The van der Waals surface area contributed by atoms with E-state index in [2.05, 4.69) is 19.2 Å². The summed E-state index contributed by atoms with van der Waals surface area (Å²) < 4.78 is 4.91. The Hall–Kier alpha value is -1.51. The zero-order valence-electron chi connectivity index (χ0n) is 11.7. The highest BCUT2D eigenvalue weighted by atomic mass is 16.5. The smallest absolute Gasteiger partial charge is 0.328 e. The summed E-state index contributed by atoms with van der Waals surface area (Å²) in [5.74, 6) is 0.101. The maximum atomic E-state index is 11.9. The normalized spacial score (nSPS) is 12.3. The summed E-state index contributed by atoms with van der Waals surface area (Å²) in [6.45, 7) is 6.23. The molecule has 0 bridgehead atoms. The number of methoxy groups -OCH3 is 1. The highest BCUT2D eigenvalue weighted by Gasteiger charge is 2.26. The first kappa shape index (κ1) is 14.6. The number of anilines is 1. The molecule has 0 fully saturated rings. The molecule has 0 aliphatic rings. The second kappa shape index (κ2) is 7.04. The van der Waals surface area contributed by atoms with Crippen LogP contribution in [0.5, 0.6) is 0 Å². The van der Waals surface area contributed by atoms with E-state index in [0.29, 0.717) is 0 Å². The molecule has 1 aromatic carbocycles. The van der Waals surface area contributed by atoms with Crippen LogP contribution >= 0.6 is 0 Å². The molecule has 1 atom stereocenters. The van der Waals surface area contributed by atoms with E-state index in [4.69, 9.17) is 4.74 Å². The zero-order chi connectivity index (χ0) is 13.5. The number of ether oxygens (including phenoxy) is 1. The molecule has 1 aromatic rings. The van der Waals surface area contributed by atoms with E-state index < -0.39 is 0 Å². The van der Waals surface area contributed by atoms with Gasteiger partial charge in [0.2, 0.25) is 0 Å². The van der Waals surface area contributed by atoms with Crippen molar-refractivity contribution in [3.63, 3.8) is 0 Å². The van der Waals surface area contributed by atoms with Gasteiger partial charge in [0.05, 0.1) is 7.11 Å². The molecule has 18 heavy (non-hydrogen) atoms. The molecule has 0 radical (unpaired) electrons. The van der Waals surface area contributed by atoms with Crippen LogP contribution in [0.25, 0.3) is 0 Å². The maximum absolute atomic E-state index is 11.9. The standard InChI is InChI=1S/C15H23NO2/c1-5-12(6-2)14(15(17)18-4)16-13-10-8-7-9-11(13)3/h7-10,12,14,16H,5-6H2,1-4H3. The van der Waals surface area contributed by atoms with Gasteiger partial charge in [0.1, 0.15) is 6.04 Å². The maximum Gasteiger partial charge on any atom is 0.328 e. The van der Waals surface area contributed by atoms with Crippen LogP contribution in [0.4, 0.5) is 5.69 Å². The highest BCUT2D eigenvalue weighted by molar-refractivity contribution is 5.80. The van der Waals surface area contributed by atoms with Crippen molar-refractivity contribution in [3.05, 3.63) is 29.8 Å². The summed E-state index contributed by atoms with van der Waals surface area (Å²) in [6, 6.07) is 7.71. The molecule has 0 amide bonds. The molecule has 0 saturated carbocycles. The lowest BCUT2D eigenvalue weighted by atomic mass is 9.93. The van der Waals surface area contributed by atoms with Crippen molar-refractivity contribution >= 4 is 11.7 Å². The van der Waals surface area contributed by atoms with Crippen molar-refractivity contribution < 1.29 is 9.53 Å². The lowest BCUT2D eigenvalue weighted by Crippen LogP contribution is -2.37. The average Bonchev–Trinajstić information content (AvgIpc) is 2.40. The van der Waals surface area contributed by atoms with Crippen LogP contribution < -0.4 is 5.32 Å². The molecule has 0 heterocycles. The summed E-state index contributed by atoms with van der Waals surface area (Å²) in [6.07, 6.45) is 1.91. The number of hydrogen-bond acceptors (Lipinski definition) is 3. The van der Waals surface area contributed by atoms with Gasteiger partial charge in [-0.2, -0.15) is 0 Å². The van der Waals surface area contributed by atoms with Crippen molar-refractivity contribution in [1.29, 1.82) is 0 Å². The fraction of sp³-hybridized carbons (Fsp3) is 0.533. The summed E-state index contributed by atoms with van der Waals surface area (Å²) >= 11 is 0. The zero-order valence-corrected chi connectivity index (χ0v) is 11.7. The van der Waals surface area contributed by atoms with Gasteiger partial charge in [-0.05, 0) is 24.5 Å². The van der Waals surface area contributed by atoms with Crippen molar-refractivity contribution in [2.24, 2.45) is 5.92 Å². The number of esters is 1. The molecule has 0 saturated heterocycles. The van der Waals surface area contributed by atoms with E-state index in [1.54, 1.807) is 0 Å². The topological polar surface area (TPSA) is 38.3 Å². The van der Waals surface area contributed by atoms with Gasteiger partial charge in [0, 0.05) is 5.69 Å². The Morgan fingerprint density at radius 2 is 1.89 bits per heavy atom. The van der Waals surface area contributed by atoms with Gasteiger partial charge < -0.3 is 10.1 Å². The average molecular weight is 249 g/mol. The minimum absolute atomic E-state index is 0.188. The molecular formula is C15H23NO2. The van der Waals surface area contributed by atoms with Crippen LogP contribution in [0.3, 0.4) is 0 Å². The molecule has 1 unspecified atom stereocenters. The Labute approximate surface area is 110 Å². The first-order valence-corrected chi connectivity index (χ1v) is 6.54. The summed E-state index contributed by atoms with van der Waals surface area (Å²) in [4.78, 5) is 11.9. The van der Waals surface area contributed by atoms with Crippen molar-refractivity contribution in [1.82, 2.24) is 0 Å². The van der Waals surface area contributed by atoms with Gasteiger partial charge >= 0.3 is 5.97 Å². The Balaban J connectivity index is 2.91. The molecule has 100 valence electrons. The minimum atomic E-state index is -0.272. The largest absolute Gasteiger partial charge is 0.467 e. The third-order valence-electron chi connectivity index (χ3n) is 3.43. The van der Waals surface area contributed by atoms with Gasteiger partial charge in [0.15, 0.2) is 0 Å². The number of carbonyl (C=O) groups excluding carboxylic acids is 1. The number of carbonyl (C=O) groups is 1. The lowest BCUT2D eigenvalue weighted by molar-refractivity contribution is -0.142. The van der Waals surface area contributed by atoms with Crippen LogP contribution in [0.2, 0.25) is 0 Å². The van der Waals surface area contributed by atoms with Crippen molar-refractivity contribution in [2.75, 3.05) is 12.4 Å². The molecule has 0 aliphatic heterocycles. The summed E-state index contributed by atoms with van der Waals surface area (Å²) in [5, 5.41) is 3.33. The van der Waals surface area contributed by atoms with Gasteiger partial charge in [-0.1, -0.05) is 44.9 Å². The number of hydrogen-bond donors (Lipinski definition) is 1. The van der Waals surface area contributed by atoms with Crippen LogP contribution in [0.15, 0.2) is 24.3 Å². The number of nitrogens with one attached hydrogen (secondary N) is 1. The molecule has 0 spiro atoms. The third kappa shape index (κ3) is 3.49. The van der Waals surface area contributed by atoms with E-state index in [0.717, 1.165) is 24.1 Å². The van der Waals surface area contributed by atoms with Gasteiger partial charge in [-0.15, -0.1) is 0 Å². The molecule has 3 nitrogen and oxygen atoms in total. The SMILES string of the molecule is CCC(CC)C(Nc1ccccc1C)C(=O)OC. The number of para-hydroxylation sites is 1. The molecule has 0 aromatic heterocycles. The fourth-order valence-corrected chi connectivity index (χ4v) is 2.16. The fourth-order valence-electron chi connectivity index (χ4n) is 2.16. The Kier molecular flexibility index (Phi) is 5.69. The van der Waals surface area contributed by atoms with Gasteiger partial charge in [-0.3, -0.25) is 0 Å². The quantitative estimate of drug-likeness (QED) is 0.785. The van der Waals surface area contributed by atoms with Crippen molar-refractivity contribution in [2.45, 2.75) is 39.7 Å². The van der Waals surface area contributed by atoms with E-state index >= 15 is 0 Å². The number of aryl methyl sites for hydroxylation is 1. The predicted molar refractivity (Wildman–Crippen MR) is 74.7 cm³/mol. The third-order valence-corrected chi connectivity index (χ3v) is 3.43. The lowest BCUT2D eigenvalue weighted by Gasteiger charge is -2.25. The molecule has 3 heteroatoms. The summed E-state index contributed by atoms with van der Waals surface area (Å²) in [5.41, 5.74) is 2.14. The highest BCUT2D eigenvalue weighted by Crippen LogP contribution is 2.21. The van der Waals surface area contributed by atoms with Gasteiger partial charge in [0.25, 0.3) is 0 Å². The monoisotopic (exact) mass is 249 g/mol. The second-order valence-electron chi connectivity index (χ2n) is 4.54. The molecule has 1 N–H and O–H groups in total. The first-order chi connectivity index (χ1) is 8.63. The van der Waals surface area contributed by atoms with E-state index in [1.807, 2.05) is 31.2 Å². The number of benzene rings is 1. The predicted octanol–water partition coefficient (Wildman–Crippen LogP) is 3.38. The van der Waals surface area contributed by atoms with Crippen LogP contribution in [0.1, 0.15) is 32.3 Å². The molecule has 1 rings (SSSR count). The van der Waals surface area contributed by atoms with Crippen LogP contribution in [0, 0.1) is 12.8 Å². The van der Waals surface area contributed by atoms with Gasteiger partial charge in [-0.25, -0.2) is 4.79 Å². The summed E-state index contributed by atoms with van der Waals surface area (Å²) in [7, 11) is 1.44. The van der Waals surface area contributed by atoms with E-state index in [9.17, 15) is 4.79 Å². The Bertz CT molecular complexity index is 386. The van der Waals surface area contributed by atoms with E-state index in [-0.39, 0.29) is 17.9 Å². The molecule has 0 aliphatic carbocycles.